The van der Waals surface area contributed by atoms with Crippen molar-refractivity contribution in [2.24, 2.45) is 0 Å². The molecule has 0 radical (unpaired) electrons. The Hall–Kier alpha value is -0.300. The quantitative estimate of drug-likeness (QED) is 0.127. The molecule has 0 amide bonds. The van der Waals surface area contributed by atoms with E-state index in [0.717, 1.165) is 34.2 Å². The maximum Gasteiger partial charge on any atom is 0.330 e. The Bertz CT molecular complexity index is 838. The minimum atomic E-state index is -0.374. The van der Waals surface area contributed by atoms with Crippen LogP contribution in [-0.2, 0) is 19.1 Å². The highest BCUT2D eigenvalue weighted by Gasteiger charge is 2.20. The first-order valence-electron chi connectivity index (χ1n) is 10.0. The molecule has 0 N–H and O–H groups in total. The maximum atomic E-state index is 11.2. The van der Waals surface area contributed by atoms with E-state index in [4.69, 9.17) is 9.47 Å². The van der Waals surface area contributed by atoms with Crippen LogP contribution in [0.15, 0.2) is 66.5 Å². The van der Waals surface area contributed by atoms with Crippen molar-refractivity contribution in [1.29, 1.82) is 0 Å². The van der Waals surface area contributed by atoms with Crippen LogP contribution in [0, 0.1) is 0 Å². The molecule has 178 valence electrons. The summed E-state index contributed by atoms with van der Waals surface area (Å²) in [6.45, 7) is 7.51. The van der Waals surface area contributed by atoms with Crippen molar-refractivity contribution in [1.82, 2.24) is 0 Å². The van der Waals surface area contributed by atoms with Gasteiger partial charge in [0.15, 0.2) is 0 Å². The van der Waals surface area contributed by atoms with E-state index in [1.165, 1.54) is 20.6 Å². The van der Waals surface area contributed by atoms with Gasteiger partial charge in [0, 0.05) is 33.5 Å². The smallest absolute Gasteiger partial charge is 0.330 e. The lowest BCUT2D eigenvalue weighted by atomic mass is 10.6. The highest BCUT2D eigenvalue weighted by atomic mass is 32.2. The van der Waals surface area contributed by atoms with Gasteiger partial charge in [0.05, 0.1) is 17.6 Å². The summed E-state index contributed by atoms with van der Waals surface area (Å²) in [5, 5.41) is 4.20. The number of thiophene rings is 1. The Kier molecular flexibility index (Phi) is 12.4. The largest absolute Gasteiger partial charge is 0.457 e. The fraction of sp³-hybridized carbons (Fsp3) is 0.364. The van der Waals surface area contributed by atoms with Crippen LogP contribution in [-0.4, -0.2) is 45.8 Å². The zero-order valence-electron chi connectivity index (χ0n) is 17.8. The first-order valence-corrected chi connectivity index (χ1v) is 16.4. The number of hydrogen-bond donors (Lipinski definition) is 0. The molecule has 0 bridgehead atoms. The van der Waals surface area contributed by atoms with Gasteiger partial charge in [-0.1, -0.05) is 13.2 Å². The highest BCUT2D eigenvalue weighted by molar-refractivity contribution is 8.23. The lowest BCUT2D eigenvalue weighted by Gasteiger charge is -2.08. The van der Waals surface area contributed by atoms with Crippen LogP contribution in [0.5, 0.6) is 0 Å². The Morgan fingerprint density at radius 1 is 0.848 bits per heavy atom. The van der Waals surface area contributed by atoms with Gasteiger partial charge in [-0.2, -0.15) is 0 Å². The van der Waals surface area contributed by atoms with Gasteiger partial charge in [0.25, 0.3) is 0 Å². The molecule has 0 saturated heterocycles. The van der Waals surface area contributed by atoms with E-state index >= 15 is 0 Å². The van der Waals surface area contributed by atoms with Gasteiger partial charge in [-0.15, -0.1) is 81.9 Å². The highest BCUT2D eigenvalue weighted by Crippen LogP contribution is 2.44. The molecule has 2 aliphatic rings. The molecule has 2 atom stereocenters. The molecule has 1 aromatic rings. The number of ether oxygens (including phenoxy) is 2. The summed E-state index contributed by atoms with van der Waals surface area (Å²) in [6.07, 6.45) is 4.59. The molecule has 0 spiro atoms. The average molecular weight is 577 g/mol. The predicted molar refractivity (Wildman–Crippen MR) is 151 cm³/mol. The summed E-state index contributed by atoms with van der Waals surface area (Å²) in [5.41, 5.74) is 0. The number of esters is 2. The van der Waals surface area contributed by atoms with Crippen LogP contribution in [0.1, 0.15) is 12.8 Å². The summed E-state index contributed by atoms with van der Waals surface area (Å²) in [6, 6.07) is 4.44. The number of carbonyl (C=O) groups excluding carboxylic acids is 2. The van der Waals surface area contributed by atoms with E-state index in [-0.39, 0.29) is 11.9 Å². The molecule has 11 heteroatoms. The summed E-state index contributed by atoms with van der Waals surface area (Å²) >= 11 is 12.9. The molecule has 2 aliphatic heterocycles. The monoisotopic (exact) mass is 576 g/mol. The van der Waals surface area contributed by atoms with Crippen molar-refractivity contribution in [3.63, 3.8) is 0 Å². The SMILES string of the molecule is C=CC(=O)OCC1=CSC(CCSc2ccc(SCCC3SC=C(COC(=O)C=C)S3)s2)S1. The van der Waals surface area contributed by atoms with E-state index in [1.807, 2.05) is 58.4 Å². The molecular formula is C22H24O4S7. The molecule has 2 unspecified atom stereocenters. The summed E-state index contributed by atoms with van der Waals surface area (Å²) in [7, 11) is 0. The van der Waals surface area contributed by atoms with E-state index in [9.17, 15) is 9.59 Å². The van der Waals surface area contributed by atoms with Crippen molar-refractivity contribution in [3.8, 4) is 0 Å². The van der Waals surface area contributed by atoms with Gasteiger partial charge in [0.1, 0.15) is 13.2 Å². The summed E-state index contributed by atoms with van der Waals surface area (Å²) in [4.78, 5) is 24.6. The second-order valence-corrected chi connectivity index (χ2v) is 15.8. The van der Waals surface area contributed by atoms with Crippen molar-refractivity contribution in [2.45, 2.75) is 30.4 Å². The Labute approximate surface area is 224 Å². The van der Waals surface area contributed by atoms with Gasteiger partial charge < -0.3 is 9.47 Å². The average Bonchev–Trinajstić information content (AvgIpc) is 3.58. The van der Waals surface area contributed by atoms with Crippen molar-refractivity contribution in [3.05, 3.63) is 58.1 Å². The van der Waals surface area contributed by atoms with Crippen LogP contribution in [0.2, 0.25) is 0 Å². The van der Waals surface area contributed by atoms with E-state index in [1.54, 1.807) is 23.5 Å². The third-order valence-corrected chi connectivity index (χ3v) is 13.2. The van der Waals surface area contributed by atoms with Gasteiger partial charge in [0.2, 0.25) is 0 Å². The lowest BCUT2D eigenvalue weighted by Crippen LogP contribution is -2.02. The third-order valence-electron chi connectivity index (χ3n) is 4.07. The Morgan fingerprint density at radius 3 is 1.73 bits per heavy atom. The molecule has 4 nitrogen and oxygen atoms in total. The molecule has 0 fully saturated rings. The number of carbonyl (C=O) groups is 2. The fourth-order valence-corrected chi connectivity index (χ4v) is 11.6. The van der Waals surface area contributed by atoms with Gasteiger partial charge >= 0.3 is 11.9 Å². The zero-order valence-corrected chi connectivity index (χ0v) is 23.5. The molecule has 0 saturated carbocycles. The first kappa shape index (κ1) is 27.3. The molecule has 3 rings (SSSR count). The predicted octanol–water partition coefficient (Wildman–Crippen LogP) is 7.47. The number of thioether (sulfide) groups is 6. The second kappa shape index (κ2) is 15.0. The second-order valence-electron chi connectivity index (χ2n) is 6.51. The van der Waals surface area contributed by atoms with Crippen LogP contribution in [0.25, 0.3) is 0 Å². The Balaban J connectivity index is 1.25. The van der Waals surface area contributed by atoms with Gasteiger partial charge in [-0.25, -0.2) is 9.59 Å². The minimum absolute atomic E-state index is 0.343. The van der Waals surface area contributed by atoms with Gasteiger partial charge in [-0.05, 0) is 35.8 Å². The van der Waals surface area contributed by atoms with Crippen LogP contribution >= 0.6 is 81.9 Å². The van der Waals surface area contributed by atoms with Crippen molar-refractivity contribution >= 4 is 93.8 Å². The van der Waals surface area contributed by atoms with E-state index in [0.29, 0.717) is 22.4 Å². The van der Waals surface area contributed by atoms with Crippen molar-refractivity contribution in [2.75, 3.05) is 24.7 Å². The molecule has 33 heavy (non-hydrogen) atoms. The normalized spacial score (nSPS) is 19.6. The van der Waals surface area contributed by atoms with E-state index in [2.05, 4.69) is 36.1 Å². The number of rotatable bonds is 14. The van der Waals surface area contributed by atoms with Crippen LogP contribution in [0.3, 0.4) is 0 Å². The third kappa shape index (κ3) is 10.1. The molecule has 3 heterocycles. The Morgan fingerprint density at radius 2 is 1.30 bits per heavy atom. The summed E-state index contributed by atoms with van der Waals surface area (Å²) in [5.74, 6) is 1.40. The maximum absolute atomic E-state index is 11.2. The van der Waals surface area contributed by atoms with E-state index < -0.39 is 0 Å². The van der Waals surface area contributed by atoms with Crippen LogP contribution < -0.4 is 0 Å². The first-order chi connectivity index (χ1) is 16.1. The fourth-order valence-electron chi connectivity index (χ4n) is 2.51. The molecule has 0 aliphatic carbocycles. The molecule has 0 aromatic carbocycles. The molecule has 1 aromatic heterocycles. The summed E-state index contributed by atoms with van der Waals surface area (Å²) < 4.78 is 13.9. The van der Waals surface area contributed by atoms with Crippen LogP contribution in [0.4, 0.5) is 0 Å². The lowest BCUT2D eigenvalue weighted by molar-refractivity contribution is -0.137. The van der Waals surface area contributed by atoms with Crippen molar-refractivity contribution < 1.29 is 19.1 Å². The topological polar surface area (TPSA) is 52.6 Å². The number of hydrogen-bond acceptors (Lipinski definition) is 11. The zero-order chi connectivity index (χ0) is 23.5. The van der Waals surface area contributed by atoms with Gasteiger partial charge in [-0.3, -0.25) is 0 Å². The standard InChI is InChI=1S/C22H24O4S7/c1-3-17(23)25-11-15-13-29-21(31-15)7-9-27-19-5-6-20(33-19)28-10-8-22-30-14-16(32-22)12-26-18(24)4-2/h3-6,13-14,21-22H,1-2,7-12H2. The minimum Gasteiger partial charge on any atom is -0.457 e. The molecular weight excluding hydrogens is 553 g/mol.